The highest BCUT2D eigenvalue weighted by Crippen LogP contribution is 2.40. The summed E-state index contributed by atoms with van der Waals surface area (Å²) in [6.07, 6.45) is 3.35. The number of nitrogens with zero attached hydrogens (tertiary/aromatic N) is 2. The molecule has 3 heterocycles. The Morgan fingerprint density at radius 2 is 1.90 bits per heavy atom. The molecule has 0 radical (unpaired) electrons. The molecule has 1 aliphatic heterocycles. The highest BCUT2D eigenvalue weighted by Gasteiger charge is 2.42. The second kappa shape index (κ2) is 7.79. The molecule has 0 bridgehead atoms. The molecule has 5 rings (SSSR count). The molecule has 0 aliphatic carbocycles. The molecule has 2 aromatic carbocycles. The minimum Gasteiger partial charge on any atom is -0.450 e. The van der Waals surface area contributed by atoms with E-state index in [1.54, 1.807) is 59.8 Å². The van der Waals surface area contributed by atoms with Crippen LogP contribution in [0, 0.1) is 0 Å². The highest BCUT2D eigenvalue weighted by molar-refractivity contribution is 9.10. The van der Waals surface area contributed by atoms with Gasteiger partial charge in [-0.15, -0.1) is 0 Å². The van der Waals surface area contributed by atoms with E-state index in [1.807, 2.05) is 6.07 Å². The van der Waals surface area contributed by atoms with E-state index in [9.17, 15) is 9.59 Å². The van der Waals surface area contributed by atoms with Crippen molar-refractivity contribution in [1.82, 2.24) is 9.88 Å². The van der Waals surface area contributed by atoms with E-state index in [0.29, 0.717) is 26.6 Å². The Kier molecular flexibility index (Phi) is 5.08. The first kappa shape index (κ1) is 20.2. The zero-order valence-electron chi connectivity index (χ0n) is 15.8. The number of hydrogen-bond acceptors (Lipinski definition) is 4. The summed E-state index contributed by atoms with van der Waals surface area (Å²) >= 11 is 15.8. The minimum absolute atomic E-state index is 0.0415. The monoisotopic (exact) mass is 514 g/mol. The molecule has 0 N–H and O–H groups in total. The highest BCUT2D eigenvalue weighted by atomic mass is 79.9. The van der Waals surface area contributed by atoms with Gasteiger partial charge in [0.05, 0.1) is 27.0 Å². The van der Waals surface area contributed by atoms with E-state index in [1.165, 1.54) is 0 Å². The van der Waals surface area contributed by atoms with E-state index in [0.717, 1.165) is 10.0 Å². The molecule has 1 amide bonds. The first-order chi connectivity index (χ1) is 14.9. The van der Waals surface area contributed by atoms with Gasteiger partial charge in [-0.2, -0.15) is 0 Å². The van der Waals surface area contributed by atoms with E-state index < -0.39 is 6.04 Å². The smallest absolute Gasteiger partial charge is 0.291 e. The standard InChI is InChI=1S/C23H13BrCl2N2O3/c24-14-4-6-18-15(9-14)21(29)19-20(13-3-5-16(25)17(26)8-13)28(23(30)22(19)31-18)11-12-2-1-7-27-10-12/h1-10,20H,11H2. The third-order valence-electron chi connectivity index (χ3n) is 5.26. The van der Waals surface area contributed by atoms with Crippen LogP contribution in [0.15, 0.2) is 74.6 Å². The maximum atomic E-state index is 13.5. The van der Waals surface area contributed by atoms with Crippen molar-refractivity contribution in [3.8, 4) is 0 Å². The summed E-state index contributed by atoms with van der Waals surface area (Å²) in [6, 6.07) is 13.2. The van der Waals surface area contributed by atoms with Crippen LogP contribution in [0.25, 0.3) is 11.0 Å². The van der Waals surface area contributed by atoms with Gasteiger partial charge in [0.25, 0.3) is 5.91 Å². The number of benzene rings is 2. The van der Waals surface area contributed by atoms with Crippen LogP contribution >= 0.6 is 39.1 Å². The first-order valence-electron chi connectivity index (χ1n) is 9.35. The summed E-state index contributed by atoms with van der Waals surface area (Å²) in [6.45, 7) is 0.251. The largest absolute Gasteiger partial charge is 0.450 e. The van der Waals surface area contributed by atoms with Crippen molar-refractivity contribution >= 4 is 56.0 Å². The van der Waals surface area contributed by atoms with Crippen molar-refractivity contribution in [2.45, 2.75) is 12.6 Å². The number of fused-ring (bicyclic) bond motifs is 2. The number of halogens is 3. The van der Waals surface area contributed by atoms with Gasteiger partial charge in [0.2, 0.25) is 5.76 Å². The lowest BCUT2D eigenvalue weighted by Gasteiger charge is -2.25. The van der Waals surface area contributed by atoms with Gasteiger partial charge in [0.1, 0.15) is 5.58 Å². The maximum Gasteiger partial charge on any atom is 0.291 e. The molecule has 0 fully saturated rings. The Labute approximate surface area is 195 Å². The molecule has 1 unspecified atom stereocenters. The van der Waals surface area contributed by atoms with E-state index in [2.05, 4.69) is 20.9 Å². The molecular weight excluding hydrogens is 503 g/mol. The quantitative estimate of drug-likeness (QED) is 0.335. The third-order valence-corrected chi connectivity index (χ3v) is 6.50. The fraction of sp³-hybridized carbons (Fsp3) is 0.0870. The molecule has 1 atom stereocenters. The Hall–Kier alpha value is -2.67. The Morgan fingerprint density at radius 3 is 2.65 bits per heavy atom. The number of carbonyl (C=O) groups is 1. The van der Waals surface area contributed by atoms with E-state index in [-0.39, 0.29) is 29.2 Å². The van der Waals surface area contributed by atoms with Crippen molar-refractivity contribution < 1.29 is 9.21 Å². The number of hydrogen-bond donors (Lipinski definition) is 0. The van der Waals surface area contributed by atoms with Crippen LogP contribution < -0.4 is 5.43 Å². The summed E-state index contributed by atoms with van der Waals surface area (Å²) < 4.78 is 6.68. The molecule has 154 valence electrons. The molecule has 8 heteroatoms. The predicted molar refractivity (Wildman–Crippen MR) is 123 cm³/mol. The predicted octanol–water partition coefficient (Wildman–Crippen LogP) is 6.00. The second-order valence-corrected chi connectivity index (χ2v) is 8.91. The van der Waals surface area contributed by atoms with Crippen LogP contribution in [0.1, 0.15) is 33.3 Å². The zero-order chi connectivity index (χ0) is 21.7. The number of aromatic nitrogens is 1. The van der Waals surface area contributed by atoms with Crippen molar-refractivity contribution in [3.05, 3.63) is 108 Å². The SMILES string of the molecule is O=C1c2oc3ccc(Br)cc3c(=O)c2C(c2ccc(Cl)c(Cl)c2)N1Cc1cccnc1. The molecular formula is C23H13BrCl2N2O3. The molecule has 0 saturated carbocycles. The van der Waals surface area contributed by atoms with Crippen LogP contribution in [0.3, 0.4) is 0 Å². The Balaban J connectivity index is 1.75. The van der Waals surface area contributed by atoms with E-state index >= 15 is 0 Å². The lowest BCUT2D eigenvalue weighted by molar-refractivity contribution is 0.0714. The number of pyridine rings is 1. The Bertz CT molecular complexity index is 1410. The van der Waals surface area contributed by atoms with Gasteiger partial charge in [0, 0.05) is 23.4 Å². The number of amides is 1. The molecule has 0 spiro atoms. The third kappa shape index (κ3) is 3.45. The molecule has 4 aromatic rings. The Morgan fingerprint density at radius 1 is 1.06 bits per heavy atom. The molecule has 2 aromatic heterocycles. The first-order valence-corrected chi connectivity index (χ1v) is 10.9. The van der Waals surface area contributed by atoms with Crippen molar-refractivity contribution in [3.63, 3.8) is 0 Å². The lowest BCUT2D eigenvalue weighted by Crippen LogP contribution is -2.29. The summed E-state index contributed by atoms with van der Waals surface area (Å²) in [5.41, 5.74) is 1.89. The van der Waals surface area contributed by atoms with Gasteiger partial charge < -0.3 is 9.32 Å². The second-order valence-electron chi connectivity index (χ2n) is 7.18. The lowest BCUT2D eigenvalue weighted by atomic mass is 9.98. The number of carbonyl (C=O) groups excluding carboxylic acids is 1. The van der Waals surface area contributed by atoms with Crippen LogP contribution in [0.4, 0.5) is 0 Å². The average molecular weight is 516 g/mol. The maximum absolute atomic E-state index is 13.5. The van der Waals surface area contributed by atoms with Crippen LogP contribution in [-0.2, 0) is 6.54 Å². The van der Waals surface area contributed by atoms with Crippen molar-refractivity contribution in [1.29, 1.82) is 0 Å². The van der Waals surface area contributed by atoms with Crippen molar-refractivity contribution in [2.24, 2.45) is 0 Å². The summed E-state index contributed by atoms with van der Waals surface area (Å²) in [5, 5.41) is 1.13. The topological polar surface area (TPSA) is 63.4 Å². The van der Waals surface area contributed by atoms with Gasteiger partial charge in [-0.05, 0) is 47.5 Å². The summed E-state index contributed by atoms with van der Waals surface area (Å²) in [7, 11) is 0. The zero-order valence-corrected chi connectivity index (χ0v) is 18.9. The fourth-order valence-electron chi connectivity index (χ4n) is 3.87. The fourth-order valence-corrected chi connectivity index (χ4v) is 4.54. The van der Waals surface area contributed by atoms with Gasteiger partial charge in [0.15, 0.2) is 5.43 Å². The molecule has 5 nitrogen and oxygen atoms in total. The summed E-state index contributed by atoms with van der Waals surface area (Å²) in [4.78, 5) is 32.7. The molecule has 1 aliphatic rings. The van der Waals surface area contributed by atoms with Crippen LogP contribution in [-0.4, -0.2) is 15.8 Å². The van der Waals surface area contributed by atoms with Crippen molar-refractivity contribution in [2.75, 3.05) is 0 Å². The number of rotatable bonds is 3. The molecule has 31 heavy (non-hydrogen) atoms. The van der Waals surface area contributed by atoms with Gasteiger partial charge in [-0.3, -0.25) is 14.6 Å². The summed E-state index contributed by atoms with van der Waals surface area (Å²) in [5.74, 6) is -0.323. The average Bonchev–Trinajstić information content (AvgIpc) is 3.03. The molecule has 0 saturated heterocycles. The minimum atomic E-state index is -0.669. The van der Waals surface area contributed by atoms with Gasteiger partial charge in [-0.25, -0.2) is 0 Å². The van der Waals surface area contributed by atoms with Gasteiger partial charge >= 0.3 is 0 Å². The van der Waals surface area contributed by atoms with Crippen LogP contribution in [0.2, 0.25) is 10.0 Å². The normalized spacial score (nSPS) is 15.5. The van der Waals surface area contributed by atoms with Crippen LogP contribution in [0.5, 0.6) is 0 Å². The van der Waals surface area contributed by atoms with Gasteiger partial charge in [-0.1, -0.05) is 51.3 Å². The van der Waals surface area contributed by atoms with E-state index in [4.69, 9.17) is 27.6 Å².